The number of benzene rings is 1. The van der Waals surface area contributed by atoms with Gasteiger partial charge < -0.3 is 10.4 Å². The van der Waals surface area contributed by atoms with Gasteiger partial charge in [-0.3, -0.25) is 0 Å². The van der Waals surface area contributed by atoms with E-state index in [1.165, 1.54) is 0 Å². The molecule has 0 aliphatic carbocycles. The quantitative estimate of drug-likeness (QED) is 0.907. The number of fused-ring (bicyclic) bond motifs is 1. The van der Waals surface area contributed by atoms with Crippen LogP contribution >= 0.6 is 15.9 Å². The molecule has 1 heterocycles. The minimum Gasteiger partial charge on any atom is -0.394 e. The number of halogens is 1. The maximum absolute atomic E-state index is 9.47. The maximum atomic E-state index is 9.47. The molecule has 2 N–H and O–H groups in total. The molecule has 1 unspecified atom stereocenters. The number of anilines is 1. The van der Waals surface area contributed by atoms with Crippen molar-refractivity contribution in [2.75, 3.05) is 11.9 Å². The Balaban J connectivity index is 2.49. The SMILES string of the molecule is CCC(C)(CO)Nc1nccc2c(Br)cccc12. The average Bonchev–Trinajstić information content (AvgIpc) is 2.40. The van der Waals surface area contributed by atoms with Crippen molar-refractivity contribution in [3.63, 3.8) is 0 Å². The fourth-order valence-electron chi connectivity index (χ4n) is 1.79. The topological polar surface area (TPSA) is 45.1 Å². The zero-order valence-electron chi connectivity index (χ0n) is 10.6. The van der Waals surface area contributed by atoms with Crippen LogP contribution in [0.5, 0.6) is 0 Å². The number of hydrogen-bond acceptors (Lipinski definition) is 3. The van der Waals surface area contributed by atoms with Crippen molar-refractivity contribution in [1.29, 1.82) is 0 Å². The van der Waals surface area contributed by atoms with Crippen LogP contribution in [0.4, 0.5) is 5.82 Å². The first-order valence-electron chi connectivity index (χ1n) is 6.02. The van der Waals surface area contributed by atoms with E-state index in [0.29, 0.717) is 0 Å². The highest BCUT2D eigenvalue weighted by Gasteiger charge is 2.21. The van der Waals surface area contributed by atoms with Gasteiger partial charge in [0.15, 0.2) is 0 Å². The van der Waals surface area contributed by atoms with Crippen LogP contribution in [0, 0.1) is 0 Å². The van der Waals surface area contributed by atoms with Crippen molar-refractivity contribution >= 4 is 32.5 Å². The second kappa shape index (κ2) is 5.24. The van der Waals surface area contributed by atoms with E-state index in [1.807, 2.05) is 38.1 Å². The molecule has 0 aliphatic heterocycles. The first-order valence-corrected chi connectivity index (χ1v) is 6.81. The third-order valence-corrected chi connectivity index (χ3v) is 3.99. The standard InChI is InChI=1S/C14H17BrN2O/c1-3-14(2,9-18)17-13-11-5-4-6-12(15)10(11)7-8-16-13/h4-8,18H,3,9H2,1-2H3,(H,16,17). The van der Waals surface area contributed by atoms with E-state index in [-0.39, 0.29) is 12.1 Å². The Morgan fingerprint density at radius 1 is 1.33 bits per heavy atom. The molecule has 1 aromatic heterocycles. The molecule has 0 amide bonds. The van der Waals surface area contributed by atoms with Gasteiger partial charge in [0.05, 0.1) is 12.1 Å². The highest BCUT2D eigenvalue weighted by Crippen LogP contribution is 2.29. The molecule has 18 heavy (non-hydrogen) atoms. The molecule has 0 spiro atoms. The number of pyridine rings is 1. The van der Waals surface area contributed by atoms with Crippen LogP contribution in [0.2, 0.25) is 0 Å². The van der Waals surface area contributed by atoms with E-state index < -0.39 is 0 Å². The second-order valence-corrected chi connectivity index (χ2v) is 5.55. The molecular weight excluding hydrogens is 292 g/mol. The summed E-state index contributed by atoms with van der Waals surface area (Å²) in [5.74, 6) is 0.812. The van der Waals surface area contributed by atoms with E-state index in [0.717, 1.165) is 27.5 Å². The summed E-state index contributed by atoms with van der Waals surface area (Å²) in [6, 6.07) is 8.01. The molecule has 2 rings (SSSR count). The summed E-state index contributed by atoms with van der Waals surface area (Å²) >= 11 is 3.54. The lowest BCUT2D eigenvalue weighted by atomic mass is 10.00. The number of aliphatic hydroxyl groups excluding tert-OH is 1. The van der Waals surface area contributed by atoms with E-state index in [4.69, 9.17) is 0 Å². The Bertz CT molecular complexity index is 552. The van der Waals surface area contributed by atoms with Crippen molar-refractivity contribution in [2.45, 2.75) is 25.8 Å². The molecule has 0 saturated heterocycles. The molecule has 0 radical (unpaired) electrons. The normalized spacial score (nSPS) is 14.4. The number of aromatic nitrogens is 1. The Morgan fingerprint density at radius 3 is 2.78 bits per heavy atom. The lowest BCUT2D eigenvalue weighted by molar-refractivity contribution is 0.218. The third-order valence-electron chi connectivity index (χ3n) is 3.30. The third kappa shape index (κ3) is 2.49. The van der Waals surface area contributed by atoms with Gasteiger partial charge >= 0.3 is 0 Å². The van der Waals surface area contributed by atoms with Gasteiger partial charge in [-0.2, -0.15) is 0 Å². The summed E-state index contributed by atoms with van der Waals surface area (Å²) in [6.45, 7) is 4.12. The van der Waals surface area contributed by atoms with Crippen LogP contribution in [-0.4, -0.2) is 22.2 Å². The number of aliphatic hydroxyl groups is 1. The molecule has 3 nitrogen and oxygen atoms in total. The lowest BCUT2D eigenvalue weighted by Gasteiger charge is -2.28. The molecule has 0 bridgehead atoms. The van der Waals surface area contributed by atoms with E-state index in [2.05, 4.69) is 26.2 Å². The molecule has 1 aromatic carbocycles. The molecule has 4 heteroatoms. The number of nitrogens with zero attached hydrogens (tertiary/aromatic N) is 1. The lowest BCUT2D eigenvalue weighted by Crippen LogP contribution is -2.38. The predicted octanol–water partition coefficient (Wildman–Crippen LogP) is 3.57. The fourth-order valence-corrected chi connectivity index (χ4v) is 2.29. The van der Waals surface area contributed by atoms with Gasteiger partial charge in [0.1, 0.15) is 5.82 Å². The summed E-state index contributed by atoms with van der Waals surface area (Å²) in [7, 11) is 0. The molecule has 1 atom stereocenters. The summed E-state index contributed by atoms with van der Waals surface area (Å²) < 4.78 is 1.05. The van der Waals surface area contributed by atoms with E-state index >= 15 is 0 Å². The minimum atomic E-state index is -0.344. The van der Waals surface area contributed by atoms with Crippen LogP contribution in [0.3, 0.4) is 0 Å². The summed E-state index contributed by atoms with van der Waals surface area (Å²) in [5, 5.41) is 15.0. The highest BCUT2D eigenvalue weighted by atomic mass is 79.9. The van der Waals surface area contributed by atoms with Crippen LogP contribution in [0.15, 0.2) is 34.9 Å². The second-order valence-electron chi connectivity index (χ2n) is 4.69. The van der Waals surface area contributed by atoms with Crippen molar-refractivity contribution in [2.24, 2.45) is 0 Å². The Morgan fingerprint density at radius 2 is 2.11 bits per heavy atom. The first kappa shape index (κ1) is 13.3. The highest BCUT2D eigenvalue weighted by molar-refractivity contribution is 9.10. The van der Waals surface area contributed by atoms with Gasteiger partial charge in [-0.05, 0) is 25.5 Å². The predicted molar refractivity (Wildman–Crippen MR) is 78.8 cm³/mol. The summed E-state index contributed by atoms with van der Waals surface area (Å²) in [5.41, 5.74) is -0.344. The molecule has 0 aliphatic rings. The zero-order chi connectivity index (χ0) is 13.2. The zero-order valence-corrected chi connectivity index (χ0v) is 12.2. The molecular formula is C14H17BrN2O. The summed E-state index contributed by atoms with van der Waals surface area (Å²) in [6.07, 6.45) is 2.61. The van der Waals surface area contributed by atoms with Gasteiger partial charge in [0, 0.05) is 21.4 Å². The molecule has 0 saturated carbocycles. The van der Waals surface area contributed by atoms with E-state index in [1.54, 1.807) is 6.20 Å². The van der Waals surface area contributed by atoms with Gasteiger partial charge in [-0.1, -0.05) is 35.0 Å². The first-order chi connectivity index (χ1) is 8.59. The van der Waals surface area contributed by atoms with Crippen LogP contribution in [-0.2, 0) is 0 Å². The number of hydrogen-bond donors (Lipinski definition) is 2. The number of nitrogens with one attached hydrogen (secondary N) is 1. The smallest absolute Gasteiger partial charge is 0.134 e. The van der Waals surface area contributed by atoms with Gasteiger partial charge in [0.25, 0.3) is 0 Å². The van der Waals surface area contributed by atoms with Crippen molar-refractivity contribution in [3.8, 4) is 0 Å². The fraction of sp³-hybridized carbons (Fsp3) is 0.357. The number of rotatable bonds is 4. The largest absolute Gasteiger partial charge is 0.394 e. The summed E-state index contributed by atoms with van der Waals surface area (Å²) in [4.78, 5) is 4.39. The Labute approximate surface area is 115 Å². The van der Waals surface area contributed by atoms with Gasteiger partial charge in [0.2, 0.25) is 0 Å². The Hall–Kier alpha value is -1.13. The van der Waals surface area contributed by atoms with Gasteiger partial charge in [-0.25, -0.2) is 4.98 Å². The van der Waals surface area contributed by atoms with Gasteiger partial charge in [-0.15, -0.1) is 0 Å². The molecule has 0 fully saturated rings. The van der Waals surface area contributed by atoms with Crippen molar-refractivity contribution in [1.82, 2.24) is 4.98 Å². The van der Waals surface area contributed by atoms with E-state index in [9.17, 15) is 5.11 Å². The molecule has 2 aromatic rings. The van der Waals surface area contributed by atoms with Crippen LogP contribution < -0.4 is 5.32 Å². The van der Waals surface area contributed by atoms with Crippen molar-refractivity contribution in [3.05, 3.63) is 34.9 Å². The van der Waals surface area contributed by atoms with Crippen LogP contribution in [0.25, 0.3) is 10.8 Å². The maximum Gasteiger partial charge on any atom is 0.134 e. The minimum absolute atomic E-state index is 0.0789. The molecule has 96 valence electrons. The average molecular weight is 309 g/mol. The van der Waals surface area contributed by atoms with Crippen LogP contribution in [0.1, 0.15) is 20.3 Å². The monoisotopic (exact) mass is 308 g/mol. The van der Waals surface area contributed by atoms with Crippen molar-refractivity contribution < 1.29 is 5.11 Å². The Kier molecular flexibility index (Phi) is 3.88.